The highest BCUT2D eigenvalue weighted by Gasteiger charge is 2.35. The number of fused-ring (bicyclic) bond motifs is 1. The van der Waals surface area contributed by atoms with Gasteiger partial charge in [0, 0.05) is 28.8 Å². The molecule has 0 radical (unpaired) electrons. The monoisotopic (exact) mass is 350 g/mol. The van der Waals surface area contributed by atoms with Gasteiger partial charge in [0.1, 0.15) is 0 Å². The van der Waals surface area contributed by atoms with E-state index in [1.54, 1.807) is 0 Å². The Hall–Kier alpha value is -0.540. The van der Waals surface area contributed by atoms with Crippen molar-refractivity contribution in [1.29, 1.82) is 0 Å². The summed E-state index contributed by atoms with van der Waals surface area (Å²) in [5, 5.41) is 0. The van der Waals surface area contributed by atoms with Crippen LogP contribution in [-0.2, 0) is 6.42 Å². The molecule has 116 valence electrons. The minimum atomic E-state index is 0.265. The average molecular weight is 351 g/mol. The van der Waals surface area contributed by atoms with Crippen molar-refractivity contribution in [2.75, 3.05) is 11.4 Å². The zero-order valence-corrected chi connectivity index (χ0v) is 14.6. The van der Waals surface area contributed by atoms with Gasteiger partial charge in [0.25, 0.3) is 0 Å². The van der Waals surface area contributed by atoms with Gasteiger partial charge in [-0.15, -0.1) is 0 Å². The molecule has 0 spiro atoms. The first kappa shape index (κ1) is 15.4. The van der Waals surface area contributed by atoms with Gasteiger partial charge < -0.3 is 10.6 Å². The van der Waals surface area contributed by atoms with E-state index in [1.807, 2.05) is 0 Å². The normalized spacial score (nSPS) is 26.7. The predicted molar refractivity (Wildman–Crippen MR) is 93.8 cm³/mol. The minimum Gasteiger partial charge on any atom is -0.368 e. The third kappa shape index (κ3) is 3.29. The highest BCUT2D eigenvalue weighted by molar-refractivity contribution is 9.10. The van der Waals surface area contributed by atoms with Crippen LogP contribution in [0.25, 0.3) is 0 Å². The smallest absolute Gasteiger partial charge is 0.0380 e. The number of halogens is 1. The fraction of sp³-hybridized carbons (Fsp3) is 0.667. The van der Waals surface area contributed by atoms with Crippen LogP contribution in [-0.4, -0.2) is 18.6 Å². The van der Waals surface area contributed by atoms with Gasteiger partial charge in [0.15, 0.2) is 0 Å². The third-order valence-electron chi connectivity index (χ3n) is 5.38. The molecule has 0 bridgehead atoms. The van der Waals surface area contributed by atoms with Crippen molar-refractivity contribution in [3.8, 4) is 0 Å². The van der Waals surface area contributed by atoms with Crippen molar-refractivity contribution in [2.45, 2.75) is 64.0 Å². The summed E-state index contributed by atoms with van der Waals surface area (Å²) in [6, 6.07) is 7.94. The molecule has 1 aromatic rings. The molecule has 3 heteroatoms. The Bertz CT molecular complexity index is 488. The van der Waals surface area contributed by atoms with Gasteiger partial charge >= 0.3 is 0 Å². The van der Waals surface area contributed by atoms with Crippen LogP contribution >= 0.6 is 15.9 Å². The average Bonchev–Trinajstić information content (AvgIpc) is 2.93. The lowest BCUT2D eigenvalue weighted by atomic mass is 9.85. The molecule has 0 aromatic heterocycles. The number of rotatable bonds is 4. The molecule has 1 aliphatic carbocycles. The van der Waals surface area contributed by atoms with Crippen LogP contribution in [0.2, 0.25) is 0 Å². The first-order valence-electron chi connectivity index (χ1n) is 8.49. The molecule has 1 aromatic carbocycles. The van der Waals surface area contributed by atoms with Crippen molar-refractivity contribution in [3.63, 3.8) is 0 Å². The lowest BCUT2D eigenvalue weighted by Crippen LogP contribution is -2.34. The maximum atomic E-state index is 6.09. The molecular weight excluding hydrogens is 324 g/mol. The minimum absolute atomic E-state index is 0.265. The topological polar surface area (TPSA) is 29.3 Å². The molecule has 3 rings (SSSR count). The van der Waals surface area contributed by atoms with Crippen LogP contribution in [0.4, 0.5) is 5.69 Å². The Labute approximate surface area is 137 Å². The number of nitrogens with two attached hydrogens (primary N) is 1. The molecule has 21 heavy (non-hydrogen) atoms. The summed E-state index contributed by atoms with van der Waals surface area (Å²) < 4.78 is 1.23. The second-order valence-electron chi connectivity index (χ2n) is 6.74. The van der Waals surface area contributed by atoms with Crippen LogP contribution in [0.3, 0.4) is 0 Å². The van der Waals surface area contributed by atoms with Gasteiger partial charge in [-0.05, 0) is 55.7 Å². The quantitative estimate of drug-likeness (QED) is 0.866. The first-order valence-corrected chi connectivity index (χ1v) is 9.29. The van der Waals surface area contributed by atoms with Gasteiger partial charge in [-0.1, -0.05) is 41.8 Å². The number of nitrogens with zero attached hydrogens (tertiary/aromatic N) is 1. The summed E-state index contributed by atoms with van der Waals surface area (Å²) in [4.78, 5) is 2.65. The van der Waals surface area contributed by atoms with E-state index in [-0.39, 0.29) is 6.04 Å². The van der Waals surface area contributed by atoms with Crippen molar-refractivity contribution >= 4 is 21.6 Å². The molecule has 3 unspecified atom stereocenters. The Morgan fingerprint density at radius 1 is 1.29 bits per heavy atom. The summed E-state index contributed by atoms with van der Waals surface area (Å²) in [6.07, 6.45) is 9.03. The van der Waals surface area contributed by atoms with E-state index in [4.69, 9.17) is 5.73 Å². The van der Waals surface area contributed by atoms with Crippen LogP contribution in [0.15, 0.2) is 22.7 Å². The van der Waals surface area contributed by atoms with Gasteiger partial charge in [-0.3, -0.25) is 0 Å². The first-order chi connectivity index (χ1) is 10.2. The molecule has 2 nitrogen and oxygen atoms in total. The lowest BCUT2D eigenvalue weighted by molar-refractivity contribution is 0.342. The van der Waals surface area contributed by atoms with E-state index in [0.29, 0.717) is 0 Å². The zero-order chi connectivity index (χ0) is 14.8. The molecule has 1 heterocycles. The van der Waals surface area contributed by atoms with E-state index in [0.717, 1.165) is 24.8 Å². The van der Waals surface area contributed by atoms with E-state index >= 15 is 0 Å². The largest absolute Gasteiger partial charge is 0.368 e. The Kier molecular flexibility index (Phi) is 4.90. The zero-order valence-electron chi connectivity index (χ0n) is 13.0. The second kappa shape index (κ2) is 6.70. The number of benzene rings is 1. The highest BCUT2D eigenvalue weighted by Crippen LogP contribution is 2.39. The van der Waals surface area contributed by atoms with Gasteiger partial charge in [-0.25, -0.2) is 0 Å². The number of hydrogen-bond donors (Lipinski definition) is 1. The molecule has 1 aliphatic heterocycles. The Balaban J connectivity index is 1.75. The molecule has 2 N–H and O–H groups in total. The molecular formula is C18H27BrN2. The van der Waals surface area contributed by atoms with Crippen molar-refractivity contribution in [3.05, 3.63) is 28.2 Å². The SMILES string of the molecule is CCC(N)Cc1ccc(N2CCC3CCCCC32)cc1Br. The summed E-state index contributed by atoms with van der Waals surface area (Å²) in [5.41, 5.74) is 8.82. The van der Waals surface area contributed by atoms with E-state index in [1.165, 1.54) is 54.4 Å². The van der Waals surface area contributed by atoms with Crippen LogP contribution < -0.4 is 10.6 Å². The lowest BCUT2D eigenvalue weighted by Gasteiger charge is -2.33. The van der Waals surface area contributed by atoms with E-state index in [2.05, 4.69) is 46.0 Å². The summed E-state index contributed by atoms with van der Waals surface area (Å²) in [6.45, 7) is 3.38. The Morgan fingerprint density at radius 3 is 2.86 bits per heavy atom. The maximum Gasteiger partial charge on any atom is 0.0380 e. The van der Waals surface area contributed by atoms with Crippen molar-refractivity contribution < 1.29 is 0 Å². The molecule has 1 saturated carbocycles. The van der Waals surface area contributed by atoms with Gasteiger partial charge in [0.2, 0.25) is 0 Å². The van der Waals surface area contributed by atoms with Crippen LogP contribution in [0.1, 0.15) is 51.0 Å². The van der Waals surface area contributed by atoms with Crippen LogP contribution in [0, 0.1) is 5.92 Å². The summed E-state index contributed by atoms with van der Waals surface area (Å²) in [5.74, 6) is 0.936. The Morgan fingerprint density at radius 2 is 2.10 bits per heavy atom. The molecule has 0 amide bonds. The predicted octanol–water partition coefficient (Wildman–Crippen LogP) is 4.50. The molecule has 2 fully saturated rings. The number of anilines is 1. The van der Waals surface area contributed by atoms with Gasteiger partial charge in [0.05, 0.1) is 0 Å². The van der Waals surface area contributed by atoms with E-state index in [9.17, 15) is 0 Å². The fourth-order valence-electron chi connectivity index (χ4n) is 4.03. The van der Waals surface area contributed by atoms with E-state index < -0.39 is 0 Å². The summed E-state index contributed by atoms with van der Waals surface area (Å²) in [7, 11) is 0. The maximum absolute atomic E-state index is 6.09. The fourth-order valence-corrected chi connectivity index (χ4v) is 4.56. The summed E-state index contributed by atoms with van der Waals surface area (Å²) >= 11 is 3.76. The van der Waals surface area contributed by atoms with Crippen molar-refractivity contribution in [2.24, 2.45) is 11.7 Å². The third-order valence-corrected chi connectivity index (χ3v) is 6.12. The molecule has 3 atom stereocenters. The highest BCUT2D eigenvalue weighted by atomic mass is 79.9. The van der Waals surface area contributed by atoms with Crippen molar-refractivity contribution in [1.82, 2.24) is 0 Å². The standard InChI is InChI=1S/C18H27BrN2/c1-2-15(20)11-14-7-8-16(12-17(14)19)21-10-9-13-5-3-4-6-18(13)21/h7-8,12-13,15,18H,2-6,9-11,20H2,1H3. The van der Waals surface area contributed by atoms with Crippen LogP contribution in [0.5, 0.6) is 0 Å². The molecule has 2 aliphatic rings. The molecule has 1 saturated heterocycles. The number of hydrogen-bond acceptors (Lipinski definition) is 2. The van der Waals surface area contributed by atoms with Gasteiger partial charge in [-0.2, -0.15) is 0 Å². The second-order valence-corrected chi connectivity index (χ2v) is 7.60.